The molecule has 1 aromatic carbocycles. The molecule has 0 saturated carbocycles. The first-order chi connectivity index (χ1) is 10.2. The molecule has 0 saturated heterocycles. The molecule has 1 unspecified atom stereocenters. The fourth-order valence-corrected chi connectivity index (χ4v) is 2.12. The van der Waals surface area contributed by atoms with Crippen molar-refractivity contribution in [2.75, 3.05) is 5.32 Å². The van der Waals surface area contributed by atoms with E-state index in [-0.39, 0.29) is 6.04 Å². The van der Waals surface area contributed by atoms with Gasteiger partial charge in [-0.1, -0.05) is 26.0 Å². The second kappa shape index (κ2) is 6.80. The van der Waals surface area contributed by atoms with Crippen LogP contribution in [0.5, 0.6) is 0 Å². The van der Waals surface area contributed by atoms with Crippen LogP contribution >= 0.6 is 0 Å². The van der Waals surface area contributed by atoms with Crippen LogP contribution in [0.4, 0.5) is 5.95 Å². The third-order valence-electron chi connectivity index (χ3n) is 3.39. The van der Waals surface area contributed by atoms with Crippen LogP contribution in [0, 0.1) is 11.3 Å². The van der Waals surface area contributed by atoms with Crippen molar-refractivity contribution < 1.29 is 0 Å². The molecule has 2 aromatic rings. The number of nitrogens with zero attached hydrogens (tertiary/aromatic N) is 4. The van der Waals surface area contributed by atoms with E-state index in [4.69, 9.17) is 5.26 Å². The van der Waals surface area contributed by atoms with E-state index >= 15 is 0 Å². The fraction of sp³-hybridized carbons (Fsp3) is 0.375. The Kier molecular flexibility index (Phi) is 4.83. The molecule has 21 heavy (non-hydrogen) atoms. The second-order valence-corrected chi connectivity index (χ2v) is 4.84. The number of hydrogen-bond donors (Lipinski definition) is 1. The third-order valence-corrected chi connectivity index (χ3v) is 3.39. The molecule has 0 radical (unpaired) electrons. The summed E-state index contributed by atoms with van der Waals surface area (Å²) in [6.07, 6.45) is 1.69. The maximum absolute atomic E-state index is 8.82. The van der Waals surface area contributed by atoms with Crippen molar-refractivity contribution in [3.05, 3.63) is 46.8 Å². The zero-order valence-corrected chi connectivity index (χ0v) is 12.6. The van der Waals surface area contributed by atoms with E-state index in [2.05, 4.69) is 40.4 Å². The maximum Gasteiger partial charge on any atom is 0.243 e. The molecular formula is C16H19N5. The molecule has 108 valence electrons. The van der Waals surface area contributed by atoms with Gasteiger partial charge in [-0.05, 0) is 37.5 Å². The largest absolute Gasteiger partial charge is 0.346 e. The summed E-state index contributed by atoms with van der Waals surface area (Å²) >= 11 is 0. The molecule has 0 fully saturated rings. The van der Waals surface area contributed by atoms with Crippen LogP contribution < -0.4 is 5.32 Å². The third kappa shape index (κ3) is 3.54. The second-order valence-electron chi connectivity index (χ2n) is 4.84. The van der Waals surface area contributed by atoms with Crippen molar-refractivity contribution in [1.82, 2.24) is 15.2 Å². The molecule has 0 bridgehead atoms. The van der Waals surface area contributed by atoms with Crippen molar-refractivity contribution >= 4 is 5.95 Å². The zero-order chi connectivity index (χ0) is 15.2. The highest BCUT2D eigenvalue weighted by Gasteiger charge is 2.10. The van der Waals surface area contributed by atoms with Gasteiger partial charge in [-0.25, -0.2) is 4.98 Å². The molecule has 1 atom stereocenters. The Labute approximate surface area is 125 Å². The quantitative estimate of drug-likeness (QED) is 0.911. The number of benzene rings is 1. The Morgan fingerprint density at radius 2 is 1.76 bits per heavy atom. The summed E-state index contributed by atoms with van der Waals surface area (Å²) in [7, 11) is 0. The molecule has 0 aliphatic rings. The van der Waals surface area contributed by atoms with Gasteiger partial charge in [-0.3, -0.25) is 0 Å². The smallest absolute Gasteiger partial charge is 0.243 e. The van der Waals surface area contributed by atoms with Crippen LogP contribution in [0.15, 0.2) is 24.3 Å². The average molecular weight is 281 g/mol. The Bertz CT molecular complexity index is 643. The lowest BCUT2D eigenvalue weighted by molar-refractivity contribution is 0.790. The van der Waals surface area contributed by atoms with E-state index < -0.39 is 0 Å². The summed E-state index contributed by atoms with van der Waals surface area (Å²) in [4.78, 5) is 4.52. The molecule has 0 amide bonds. The van der Waals surface area contributed by atoms with Crippen molar-refractivity contribution in [3.63, 3.8) is 0 Å². The molecular weight excluding hydrogens is 262 g/mol. The number of rotatable bonds is 5. The normalized spacial score (nSPS) is 11.7. The monoisotopic (exact) mass is 281 g/mol. The Morgan fingerprint density at radius 3 is 2.33 bits per heavy atom. The van der Waals surface area contributed by atoms with Gasteiger partial charge in [-0.15, -0.1) is 5.10 Å². The summed E-state index contributed by atoms with van der Waals surface area (Å²) in [6.45, 7) is 6.15. The summed E-state index contributed by atoms with van der Waals surface area (Å²) in [6, 6.07) is 9.66. The van der Waals surface area contributed by atoms with Gasteiger partial charge in [0.2, 0.25) is 5.95 Å². The van der Waals surface area contributed by atoms with Crippen LogP contribution in [0.3, 0.4) is 0 Å². The highest BCUT2D eigenvalue weighted by molar-refractivity contribution is 5.36. The molecule has 0 aliphatic heterocycles. The number of hydrogen-bond acceptors (Lipinski definition) is 5. The molecule has 5 heteroatoms. The van der Waals surface area contributed by atoms with Crippen molar-refractivity contribution in [2.24, 2.45) is 0 Å². The molecule has 1 N–H and O–H groups in total. The van der Waals surface area contributed by atoms with Gasteiger partial charge in [0.15, 0.2) is 0 Å². The van der Waals surface area contributed by atoms with E-state index in [0.717, 1.165) is 29.8 Å². The Morgan fingerprint density at radius 1 is 1.10 bits per heavy atom. The molecule has 1 aromatic heterocycles. The van der Waals surface area contributed by atoms with E-state index in [1.54, 1.807) is 0 Å². The number of aryl methyl sites for hydroxylation is 2. The number of anilines is 1. The zero-order valence-electron chi connectivity index (χ0n) is 12.6. The summed E-state index contributed by atoms with van der Waals surface area (Å²) in [5, 5.41) is 20.4. The van der Waals surface area contributed by atoms with Gasteiger partial charge in [0.25, 0.3) is 0 Å². The lowest BCUT2D eigenvalue weighted by atomic mass is 10.1. The van der Waals surface area contributed by atoms with Crippen molar-refractivity contribution in [1.29, 1.82) is 5.26 Å². The van der Waals surface area contributed by atoms with E-state index in [0.29, 0.717) is 11.5 Å². The average Bonchev–Trinajstić information content (AvgIpc) is 2.54. The first-order valence-electron chi connectivity index (χ1n) is 7.17. The fourth-order valence-electron chi connectivity index (χ4n) is 2.12. The van der Waals surface area contributed by atoms with Crippen LogP contribution in [-0.2, 0) is 12.8 Å². The molecule has 2 rings (SSSR count). The van der Waals surface area contributed by atoms with Crippen LogP contribution in [-0.4, -0.2) is 15.2 Å². The van der Waals surface area contributed by atoms with Gasteiger partial charge < -0.3 is 5.32 Å². The number of nitrogens with one attached hydrogen (secondary N) is 1. The lowest BCUT2D eigenvalue weighted by Crippen LogP contribution is -2.13. The standard InChI is InChI=1S/C16H19N5/c1-4-14-15(5-2)20-21-16(19-14)18-11(3)13-8-6-12(10-17)7-9-13/h6-9,11H,4-5H2,1-3H3,(H,18,19,21). The first-order valence-corrected chi connectivity index (χ1v) is 7.17. The lowest BCUT2D eigenvalue weighted by Gasteiger charge is -2.15. The van der Waals surface area contributed by atoms with E-state index in [9.17, 15) is 0 Å². The van der Waals surface area contributed by atoms with Crippen LogP contribution in [0.2, 0.25) is 0 Å². The minimum Gasteiger partial charge on any atom is -0.346 e. The van der Waals surface area contributed by atoms with E-state index in [1.165, 1.54) is 0 Å². The van der Waals surface area contributed by atoms with Crippen LogP contribution in [0.25, 0.3) is 0 Å². The summed E-state index contributed by atoms with van der Waals surface area (Å²) < 4.78 is 0. The molecule has 0 aliphatic carbocycles. The van der Waals surface area contributed by atoms with Gasteiger partial charge in [0, 0.05) is 0 Å². The summed E-state index contributed by atoms with van der Waals surface area (Å²) in [5.41, 5.74) is 3.68. The van der Waals surface area contributed by atoms with Gasteiger partial charge in [-0.2, -0.15) is 10.4 Å². The Hall–Kier alpha value is -2.48. The number of aromatic nitrogens is 3. The predicted molar refractivity (Wildman–Crippen MR) is 81.8 cm³/mol. The minimum atomic E-state index is 0.0525. The molecule has 0 spiro atoms. The number of nitriles is 1. The maximum atomic E-state index is 8.82. The summed E-state index contributed by atoms with van der Waals surface area (Å²) in [5.74, 6) is 0.543. The van der Waals surface area contributed by atoms with E-state index in [1.807, 2.05) is 31.2 Å². The first kappa shape index (κ1) is 14.9. The van der Waals surface area contributed by atoms with Crippen LogP contribution in [0.1, 0.15) is 49.3 Å². The topological polar surface area (TPSA) is 74.5 Å². The van der Waals surface area contributed by atoms with Gasteiger partial charge >= 0.3 is 0 Å². The predicted octanol–water partition coefficient (Wildman–Crippen LogP) is 3.04. The molecule has 1 heterocycles. The van der Waals surface area contributed by atoms with Crippen molar-refractivity contribution in [3.8, 4) is 6.07 Å². The highest BCUT2D eigenvalue weighted by Crippen LogP contribution is 2.17. The van der Waals surface area contributed by atoms with Gasteiger partial charge in [0.05, 0.1) is 29.1 Å². The minimum absolute atomic E-state index is 0.0525. The van der Waals surface area contributed by atoms with Gasteiger partial charge in [0.1, 0.15) is 0 Å². The Balaban J connectivity index is 2.15. The van der Waals surface area contributed by atoms with Crippen molar-refractivity contribution in [2.45, 2.75) is 39.7 Å². The molecule has 5 nitrogen and oxygen atoms in total. The highest BCUT2D eigenvalue weighted by atomic mass is 15.2. The SMILES string of the molecule is CCc1nnc(NC(C)c2ccc(C#N)cc2)nc1CC.